The topological polar surface area (TPSA) is 32.7 Å². The molecule has 0 aliphatic carbocycles. The van der Waals surface area contributed by atoms with Crippen LogP contribution < -0.4 is 0 Å². The van der Waals surface area contributed by atoms with Crippen LogP contribution in [-0.2, 0) is 24.1 Å². The van der Waals surface area contributed by atoms with Crippen molar-refractivity contribution in [2.24, 2.45) is 5.92 Å². The van der Waals surface area contributed by atoms with Gasteiger partial charge in [0, 0.05) is 13.1 Å². The van der Waals surface area contributed by atoms with Crippen LogP contribution in [-0.4, -0.2) is 29.9 Å². The maximum absolute atomic E-state index is 9.30. The predicted molar refractivity (Wildman–Crippen MR) is 109 cm³/mol. The van der Waals surface area contributed by atoms with E-state index in [0.29, 0.717) is 12.4 Å². The lowest BCUT2D eigenvalue weighted by Gasteiger charge is -2.31. The summed E-state index contributed by atoms with van der Waals surface area (Å²) in [6.07, 6.45) is 5.58. The molecule has 0 saturated carbocycles. The summed E-state index contributed by atoms with van der Waals surface area (Å²) < 4.78 is 0. The summed E-state index contributed by atoms with van der Waals surface area (Å²) in [4.78, 5) is 5.92. The maximum atomic E-state index is 9.30. The Balaban J connectivity index is 0.00000243. The average Bonchev–Trinajstić information content (AvgIpc) is 2.65. The lowest BCUT2D eigenvalue weighted by molar-refractivity contribution is -0.173. The van der Waals surface area contributed by atoms with Gasteiger partial charge in [-0.3, -0.25) is 4.84 Å². The van der Waals surface area contributed by atoms with E-state index in [4.69, 9.17) is 4.84 Å². The number of hydrogen-bond acceptors (Lipinski definition) is 3. The molecule has 1 heterocycles. The van der Waals surface area contributed by atoms with Gasteiger partial charge < -0.3 is 5.11 Å². The zero-order chi connectivity index (χ0) is 17.5. The first-order valence-electron chi connectivity index (χ1n) is 9.46. The normalized spacial score (nSPS) is 15.6. The van der Waals surface area contributed by atoms with Crippen LogP contribution >= 0.6 is 12.4 Å². The van der Waals surface area contributed by atoms with E-state index < -0.39 is 0 Å². The molecule has 1 saturated heterocycles. The Morgan fingerprint density at radius 3 is 2.12 bits per heavy atom. The van der Waals surface area contributed by atoms with Gasteiger partial charge in [0.2, 0.25) is 0 Å². The van der Waals surface area contributed by atoms with Crippen molar-refractivity contribution < 1.29 is 9.94 Å². The van der Waals surface area contributed by atoms with Gasteiger partial charge in [-0.1, -0.05) is 43.3 Å². The van der Waals surface area contributed by atoms with Gasteiger partial charge in [-0.25, -0.2) is 0 Å². The first-order valence-corrected chi connectivity index (χ1v) is 9.46. The number of aromatic hydroxyl groups is 1. The van der Waals surface area contributed by atoms with E-state index >= 15 is 0 Å². The summed E-state index contributed by atoms with van der Waals surface area (Å²) >= 11 is 0. The minimum atomic E-state index is 0. The fourth-order valence-corrected chi connectivity index (χ4v) is 3.44. The van der Waals surface area contributed by atoms with E-state index in [-0.39, 0.29) is 12.4 Å². The number of halogens is 1. The van der Waals surface area contributed by atoms with Crippen LogP contribution in [0.3, 0.4) is 0 Å². The Hall–Kier alpha value is -1.55. The quantitative estimate of drug-likeness (QED) is 0.754. The SMILES string of the molecule is CCc1ccc(CC2CCN(OCCc3ccc(O)cc3)CC2)cc1.Cl. The van der Waals surface area contributed by atoms with Crippen molar-refractivity contribution in [3.63, 3.8) is 0 Å². The molecule has 1 N–H and O–H groups in total. The molecule has 0 amide bonds. The summed E-state index contributed by atoms with van der Waals surface area (Å²) in [5.41, 5.74) is 4.08. The molecule has 2 aromatic rings. The van der Waals surface area contributed by atoms with Crippen molar-refractivity contribution in [3.05, 3.63) is 65.2 Å². The summed E-state index contributed by atoms with van der Waals surface area (Å²) in [5.74, 6) is 1.08. The third kappa shape index (κ3) is 6.31. The van der Waals surface area contributed by atoms with Gasteiger partial charge in [-0.15, -0.1) is 12.4 Å². The van der Waals surface area contributed by atoms with Crippen LogP contribution in [0.15, 0.2) is 48.5 Å². The highest BCUT2D eigenvalue weighted by molar-refractivity contribution is 5.85. The second-order valence-corrected chi connectivity index (χ2v) is 7.00. The smallest absolute Gasteiger partial charge is 0.115 e. The number of piperidine rings is 1. The predicted octanol–water partition coefficient (Wildman–Crippen LogP) is 4.81. The van der Waals surface area contributed by atoms with E-state index in [1.54, 1.807) is 12.1 Å². The second kappa shape index (κ2) is 10.6. The van der Waals surface area contributed by atoms with Crippen molar-refractivity contribution in [2.45, 2.75) is 39.0 Å². The molecule has 4 heteroatoms. The first kappa shape index (κ1) is 20.8. The van der Waals surface area contributed by atoms with Crippen LogP contribution in [0.4, 0.5) is 0 Å². The largest absolute Gasteiger partial charge is 0.508 e. The molecular formula is C22H30ClNO2. The van der Waals surface area contributed by atoms with Gasteiger partial charge in [0.05, 0.1) is 6.61 Å². The van der Waals surface area contributed by atoms with Crippen molar-refractivity contribution in [3.8, 4) is 5.75 Å². The minimum Gasteiger partial charge on any atom is -0.508 e. The van der Waals surface area contributed by atoms with Crippen molar-refractivity contribution in [1.82, 2.24) is 5.06 Å². The molecule has 26 heavy (non-hydrogen) atoms. The van der Waals surface area contributed by atoms with Crippen molar-refractivity contribution in [2.75, 3.05) is 19.7 Å². The Morgan fingerprint density at radius 1 is 0.923 bits per heavy atom. The number of hydroxylamine groups is 2. The van der Waals surface area contributed by atoms with Gasteiger partial charge >= 0.3 is 0 Å². The molecule has 1 aliphatic heterocycles. The number of benzene rings is 2. The molecule has 0 bridgehead atoms. The van der Waals surface area contributed by atoms with Crippen LogP contribution in [0.2, 0.25) is 0 Å². The molecule has 2 aromatic carbocycles. The summed E-state index contributed by atoms with van der Waals surface area (Å²) in [7, 11) is 0. The van der Waals surface area contributed by atoms with Crippen molar-refractivity contribution in [1.29, 1.82) is 0 Å². The van der Waals surface area contributed by atoms with Gasteiger partial charge in [0.1, 0.15) is 5.75 Å². The van der Waals surface area contributed by atoms with E-state index in [1.165, 1.54) is 36.0 Å². The third-order valence-electron chi connectivity index (χ3n) is 5.13. The zero-order valence-corrected chi connectivity index (χ0v) is 16.4. The third-order valence-corrected chi connectivity index (χ3v) is 5.13. The Bertz CT molecular complexity index is 634. The van der Waals surface area contributed by atoms with E-state index in [2.05, 4.69) is 36.3 Å². The van der Waals surface area contributed by atoms with Crippen LogP contribution in [0.25, 0.3) is 0 Å². The number of nitrogens with zero attached hydrogens (tertiary/aromatic N) is 1. The van der Waals surface area contributed by atoms with Gasteiger partial charge in [0.15, 0.2) is 0 Å². The number of rotatable bonds is 7. The standard InChI is InChI=1S/C22H29NO2.ClH/c1-2-18-3-5-20(6-4-18)17-21-11-14-23(15-12-21)25-16-13-19-7-9-22(24)10-8-19;/h3-10,21,24H,2,11-17H2,1H3;1H. The molecule has 0 spiro atoms. The molecule has 142 valence electrons. The van der Waals surface area contributed by atoms with Crippen LogP contribution in [0.5, 0.6) is 5.75 Å². The lowest BCUT2D eigenvalue weighted by Crippen LogP contribution is -2.34. The second-order valence-electron chi connectivity index (χ2n) is 7.00. The van der Waals surface area contributed by atoms with Crippen LogP contribution in [0, 0.1) is 5.92 Å². The molecule has 3 nitrogen and oxygen atoms in total. The number of phenolic OH excluding ortho intramolecular Hbond substituents is 1. The lowest BCUT2D eigenvalue weighted by atomic mass is 9.90. The highest BCUT2D eigenvalue weighted by Gasteiger charge is 2.19. The van der Waals surface area contributed by atoms with Gasteiger partial charge in [-0.05, 0) is 66.8 Å². The molecule has 1 fully saturated rings. The highest BCUT2D eigenvalue weighted by atomic mass is 35.5. The fourth-order valence-electron chi connectivity index (χ4n) is 3.44. The van der Waals surface area contributed by atoms with Crippen molar-refractivity contribution >= 4 is 12.4 Å². The average molecular weight is 376 g/mol. The van der Waals surface area contributed by atoms with Gasteiger partial charge in [-0.2, -0.15) is 5.06 Å². The molecule has 0 aromatic heterocycles. The fraction of sp³-hybridized carbons (Fsp3) is 0.455. The maximum Gasteiger partial charge on any atom is 0.115 e. The van der Waals surface area contributed by atoms with Gasteiger partial charge in [0.25, 0.3) is 0 Å². The van der Waals surface area contributed by atoms with E-state index in [0.717, 1.165) is 31.8 Å². The number of hydrogen-bond donors (Lipinski definition) is 1. The summed E-state index contributed by atoms with van der Waals surface area (Å²) in [6, 6.07) is 16.5. The molecule has 3 rings (SSSR count). The minimum absolute atomic E-state index is 0. The Kier molecular flexibility index (Phi) is 8.43. The van der Waals surface area contributed by atoms with E-state index in [1.807, 2.05) is 12.1 Å². The molecule has 1 aliphatic rings. The summed E-state index contributed by atoms with van der Waals surface area (Å²) in [6.45, 7) is 4.95. The summed E-state index contributed by atoms with van der Waals surface area (Å²) in [5, 5.41) is 11.4. The van der Waals surface area contributed by atoms with E-state index in [9.17, 15) is 5.11 Å². The molecule has 0 radical (unpaired) electrons. The first-order chi connectivity index (χ1) is 12.2. The molecular weight excluding hydrogens is 346 g/mol. The number of phenols is 1. The highest BCUT2D eigenvalue weighted by Crippen LogP contribution is 2.22. The Labute approximate surface area is 163 Å². The monoisotopic (exact) mass is 375 g/mol. The molecule has 0 unspecified atom stereocenters. The number of aryl methyl sites for hydroxylation is 1. The van der Waals surface area contributed by atoms with Crippen LogP contribution in [0.1, 0.15) is 36.5 Å². The Morgan fingerprint density at radius 2 is 1.50 bits per heavy atom. The zero-order valence-electron chi connectivity index (χ0n) is 15.6. The molecule has 0 atom stereocenters.